The molecule has 0 spiro atoms. The summed E-state index contributed by atoms with van der Waals surface area (Å²) in [6.07, 6.45) is 2.00. The number of hydrogen-bond acceptors (Lipinski definition) is 5. The maximum absolute atomic E-state index is 13.1. The summed E-state index contributed by atoms with van der Waals surface area (Å²) in [6.45, 7) is 1.47. The van der Waals surface area contributed by atoms with E-state index < -0.39 is 17.8 Å². The molecule has 1 aliphatic heterocycles. The van der Waals surface area contributed by atoms with E-state index in [2.05, 4.69) is 0 Å². The summed E-state index contributed by atoms with van der Waals surface area (Å²) >= 11 is 0. The molecule has 2 heterocycles. The lowest BCUT2D eigenvalue weighted by atomic mass is 10.1. The smallest absolute Gasteiger partial charge is 0.419 e. The van der Waals surface area contributed by atoms with E-state index in [1.54, 1.807) is 41.3 Å². The first-order valence-electron chi connectivity index (χ1n) is 10.2. The summed E-state index contributed by atoms with van der Waals surface area (Å²) in [7, 11) is 0. The topological polar surface area (TPSA) is 81.7 Å². The zero-order valence-corrected chi connectivity index (χ0v) is 16.7. The van der Waals surface area contributed by atoms with Gasteiger partial charge in [0.15, 0.2) is 5.58 Å². The van der Waals surface area contributed by atoms with E-state index in [1.165, 1.54) is 4.57 Å². The molecule has 156 valence electrons. The number of carbonyl (C=O) groups is 2. The molecule has 1 fully saturated rings. The fourth-order valence-corrected chi connectivity index (χ4v) is 3.79. The van der Waals surface area contributed by atoms with E-state index >= 15 is 0 Å². The van der Waals surface area contributed by atoms with Crippen molar-refractivity contribution < 1.29 is 18.7 Å². The number of ether oxygens (including phenoxy) is 1. The molecule has 0 N–H and O–H groups in total. The predicted molar refractivity (Wildman–Crippen MR) is 111 cm³/mol. The number of benzene rings is 2. The van der Waals surface area contributed by atoms with Gasteiger partial charge in [0.25, 0.3) is 5.91 Å². The van der Waals surface area contributed by atoms with Gasteiger partial charge in [-0.15, -0.1) is 0 Å². The minimum atomic E-state index is -0.977. The number of fused-ring (bicyclic) bond motifs is 1. The van der Waals surface area contributed by atoms with Crippen molar-refractivity contribution >= 4 is 23.0 Å². The van der Waals surface area contributed by atoms with Crippen molar-refractivity contribution in [1.82, 2.24) is 9.47 Å². The van der Waals surface area contributed by atoms with E-state index in [0.29, 0.717) is 29.8 Å². The lowest BCUT2D eigenvalue weighted by Gasteiger charge is -2.30. The Kier molecular flexibility index (Phi) is 5.97. The third-order valence-electron chi connectivity index (χ3n) is 5.36. The number of rotatable bonds is 6. The van der Waals surface area contributed by atoms with Crippen LogP contribution in [0, 0.1) is 0 Å². The fourth-order valence-electron chi connectivity index (χ4n) is 3.79. The third kappa shape index (κ3) is 4.30. The SMILES string of the molecule is O=C(CCn1c(=O)oc2ccccc21)O[C@H](C(=O)N1CCCCC1)c1ccccc1. The predicted octanol–water partition coefficient (Wildman–Crippen LogP) is 3.28. The monoisotopic (exact) mass is 408 g/mol. The van der Waals surface area contributed by atoms with Crippen LogP contribution in [0.5, 0.6) is 0 Å². The summed E-state index contributed by atoms with van der Waals surface area (Å²) in [5.74, 6) is -1.25. The summed E-state index contributed by atoms with van der Waals surface area (Å²) < 4.78 is 12.2. The number of oxazole rings is 1. The number of piperidine rings is 1. The number of carbonyl (C=O) groups excluding carboxylic acids is 2. The standard InChI is InChI=1S/C23H24N2O5/c26-20(13-16-25-18-11-5-6-12-19(18)29-23(25)28)30-21(17-9-3-1-4-10-17)22(27)24-14-7-2-8-15-24/h1,3-6,9-12,21H,2,7-8,13-16H2/t21-/m0/s1. The second-order valence-electron chi connectivity index (χ2n) is 7.40. The lowest BCUT2D eigenvalue weighted by molar-refractivity contribution is -0.161. The van der Waals surface area contributed by atoms with Gasteiger partial charge in [-0.1, -0.05) is 42.5 Å². The molecule has 30 heavy (non-hydrogen) atoms. The van der Waals surface area contributed by atoms with Crippen molar-refractivity contribution in [2.75, 3.05) is 13.1 Å². The molecule has 1 atom stereocenters. The molecule has 7 heteroatoms. The van der Waals surface area contributed by atoms with Crippen molar-refractivity contribution in [3.8, 4) is 0 Å². The Morgan fingerprint density at radius 3 is 2.43 bits per heavy atom. The maximum atomic E-state index is 13.1. The molecule has 0 bridgehead atoms. The van der Waals surface area contributed by atoms with Crippen LogP contribution in [-0.4, -0.2) is 34.4 Å². The van der Waals surface area contributed by atoms with E-state index in [0.717, 1.165) is 19.3 Å². The van der Waals surface area contributed by atoms with Gasteiger partial charge in [0.05, 0.1) is 11.9 Å². The molecule has 1 aromatic heterocycles. The Morgan fingerprint density at radius 1 is 0.967 bits per heavy atom. The molecule has 1 amide bonds. The average Bonchev–Trinajstić information content (AvgIpc) is 3.11. The van der Waals surface area contributed by atoms with E-state index in [4.69, 9.17) is 9.15 Å². The van der Waals surface area contributed by atoms with Crippen molar-refractivity contribution in [3.63, 3.8) is 0 Å². The molecule has 3 aromatic rings. The Balaban J connectivity index is 1.48. The van der Waals surface area contributed by atoms with Crippen LogP contribution in [-0.2, 0) is 20.9 Å². The van der Waals surface area contributed by atoms with Crippen molar-refractivity contribution in [3.05, 3.63) is 70.7 Å². The quantitative estimate of drug-likeness (QED) is 0.585. The number of likely N-dealkylation sites (tertiary alicyclic amines) is 1. The van der Waals surface area contributed by atoms with Gasteiger partial charge in [-0.05, 0) is 31.4 Å². The molecule has 0 saturated carbocycles. The Labute approximate surface area is 173 Å². The number of hydrogen-bond donors (Lipinski definition) is 0. The Bertz CT molecular complexity index is 1080. The number of aryl methyl sites for hydroxylation is 1. The number of amides is 1. The van der Waals surface area contributed by atoms with E-state index in [1.807, 2.05) is 18.2 Å². The van der Waals surface area contributed by atoms with Crippen LogP contribution in [0.2, 0.25) is 0 Å². The molecule has 0 aliphatic carbocycles. The van der Waals surface area contributed by atoms with Crippen molar-refractivity contribution in [2.45, 2.75) is 38.3 Å². The van der Waals surface area contributed by atoms with E-state index in [9.17, 15) is 14.4 Å². The average molecular weight is 408 g/mol. The van der Waals surface area contributed by atoms with Gasteiger partial charge in [0.1, 0.15) is 0 Å². The van der Waals surface area contributed by atoms with Crippen LogP contribution in [0.1, 0.15) is 37.4 Å². The molecule has 2 aromatic carbocycles. The summed E-state index contributed by atoms with van der Waals surface area (Å²) in [4.78, 5) is 39.6. The summed E-state index contributed by atoms with van der Waals surface area (Å²) in [6, 6.07) is 16.1. The third-order valence-corrected chi connectivity index (χ3v) is 5.36. The molecule has 7 nitrogen and oxygen atoms in total. The van der Waals surface area contributed by atoms with Gasteiger partial charge < -0.3 is 14.1 Å². The van der Waals surface area contributed by atoms with Crippen LogP contribution < -0.4 is 5.76 Å². The normalized spacial score (nSPS) is 15.1. The van der Waals surface area contributed by atoms with Gasteiger partial charge in [0, 0.05) is 25.2 Å². The van der Waals surface area contributed by atoms with Gasteiger partial charge in [-0.3, -0.25) is 14.2 Å². The molecular formula is C23H24N2O5. The molecule has 1 aliphatic rings. The van der Waals surface area contributed by atoms with Crippen LogP contribution in [0.15, 0.2) is 63.8 Å². The number of aromatic nitrogens is 1. The summed E-state index contributed by atoms with van der Waals surface area (Å²) in [5, 5.41) is 0. The molecule has 1 saturated heterocycles. The maximum Gasteiger partial charge on any atom is 0.419 e. The fraction of sp³-hybridized carbons (Fsp3) is 0.348. The highest BCUT2D eigenvalue weighted by atomic mass is 16.5. The lowest BCUT2D eigenvalue weighted by Crippen LogP contribution is -2.40. The molecule has 0 radical (unpaired) electrons. The second-order valence-corrected chi connectivity index (χ2v) is 7.40. The van der Waals surface area contributed by atoms with Gasteiger partial charge >= 0.3 is 11.7 Å². The zero-order chi connectivity index (χ0) is 20.9. The first-order valence-corrected chi connectivity index (χ1v) is 10.2. The highest BCUT2D eigenvalue weighted by molar-refractivity contribution is 5.85. The number of nitrogens with zero attached hydrogens (tertiary/aromatic N) is 2. The van der Waals surface area contributed by atoms with Crippen LogP contribution in [0.4, 0.5) is 0 Å². The van der Waals surface area contributed by atoms with Gasteiger partial charge in [-0.25, -0.2) is 4.79 Å². The van der Waals surface area contributed by atoms with Crippen molar-refractivity contribution in [1.29, 1.82) is 0 Å². The Hall–Kier alpha value is -3.35. The van der Waals surface area contributed by atoms with Crippen molar-refractivity contribution in [2.24, 2.45) is 0 Å². The second kappa shape index (κ2) is 8.98. The molecule has 4 rings (SSSR count). The van der Waals surface area contributed by atoms with Crippen LogP contribution >= 0.6 is 0 Å². The highest BCUT2D eigenvalue weighted by Gasteiger charge is 2.30. The van der Waals surface area contributed by atoms with Gasteiger partial charge in [0.2, 0.25) is 6.10 Å². The summed E-state index contributed by atoms with van der Waals surface area (Å²) in [5.41, 5.74) is 1.74. The number of esters is 1. The van der Waals surface area contributed by atoms with E-state index in [-0.39, 0.29) is 18.9 Å². The van der Waals surface area contributed by atoms with Gasteiger partial charge in [-0.2, -0.15) is 0 Å². The van der Waals surface area contributed by atoms with Crippen LogP contribution in [0.25, 0.3) is 11.1 Å². The highest BCUT2D eigenvalue weighted by Crippen LogP contribution is 2.23. The van der Waals surface area contributed by atoms with Crippen LogP contribution in [0.3, 0.4) is 0 Å². The molecular weight excluding hydrogens is 384 g/mol. The molecule has 0 unspecified atom stereocenters. The zero-order valence-electron chi connectivity index (χ0n) is 16.7. The first kappa shape index (κ1) is 19.9. The first-order chi connectivity index (χ1) is 14.6. The Morgan fingerprint density at radius 2 is 1.67 bits per heavy atom. The number of para-hydroxylation sites is 2. The largest absolute Gasteiger partial charge is 0.447 e. The minimum absolute atomic E-state index is 0.0416. The minimum Gasteiger partial charge on any atom is -0.447 e.